The minimum absolute atomic E-state index is 0.176. The van der Waals surface area contributed by atoms with Crippen LogP contribution in [0.4, 0.5) is 5.82 Å². The highest BCUT2D eigenvalue weighted by Crippen LogP contribution is 2.32. The summed E-state index contributed by atoms with van der Waals surface area (Å²) in [6.07, 6.45) is 1.52. The van der Waals surface area contributed by atoms with Crippen molar-refractivity contribution in [2.24, 2.45) is 0 Å². The molecule has 4 rings (SSSR count). The molecular formula is C15H13N7O4S. The lowest BCUT2D eigenvalue weighted by atomic mass is 10.2. The zero-order chi connectivity index (χ0) is 19.3. The van der Waals surface area contributed by atoms with Crippen molar-refractivity contribution < 1.29 is 14.5 Å². The maximum Gasteiger partial charge on any atom is 0.390 e. The molecule has 4 heterocycles. The topological polar surface area (TPSA) is 130 Å². The first-order valence-corrected chi connectivity index (χ1v) is 8.61. The van der Waals surface area contributed by atoms with E-state index in [-0.39, 0.29) is 12.4 Å². The van der Waals surface area contributed by atoms with Gasteiger partial charge in [0.05, 0.1) is 29.4 Å². The summed E-state index contributed by atoms with van der Waals surface area (Å²) in [6, 6.07) is 1.39. The van der Waals surface area contributed by atoms with Gasteiger partial charge in [0.2, 0.25) is 0 Å². The van der Waals surface area contributed by atoms with Crippen molar-refractivity contribution in [3.05, 3.63) is 44.5 Å². The maximum atomic E-state index is 11.9. The Morgan fingerprint density at radius 1 is 1.37 bits per heavy atom. The minimum atomic E-state index is -0.545. The fourth-order valence-electron chi connectivity index (χ4n) is 2.81. The Morgan fingerprint density at radius 3 is 2.81 bits per heavy atom. The molecule has 0 unspecified atom stereocenters. The zero-order valence-corrected chi connectivity index (χ0v) is 15.4. The summed E-state index contributed by atoms with van der Waals surface area (Å²) in [4.78, 5) is 32.2. The molecule has 4 aromatic rings. The molecule has 0 N–H and O–H groups in total. The molecule has 4 aromatic heterocycles. The average molecular weight is 387 g/mol. The molecule has 0 saturated carbocycles. The number of hydrogen-bond donors (Lipinski definition) is 0. The normalized spacial score (nSPS) is 11.4. The monoisotopic (exact) mass is 387 g/mol. The van der Waals surface area contributed by atoms with Gasteiger partial charge in [-0.1, -0.05) is 0 Å². The van der Waals surface area contributed by atoms with E-state index in [1.165, 1.54) is 40.0 Å². The average Bonchev–Trinajstić information content (AvgIpc) is 3.30. The summed E-state index contributed by atoms with van der Waals surface area (Å²) in [5.74, 6) is -0.222. The Kier molecular flexibility index (Phi) is 3.84. The standard InChI is InChI=1S/C15H13N7O4S/c1-7-4-10(22(24)25)19-20(7)5-9-17-13-11-8(2)12(15(23)26-3)27-14(11)16-6-21(13)18-9/h4,6H,5H2,1-3H3. The number of aromatic nitrogens is 6. The van der Waals surface area contributed by atoms with Crippen LogP contribution < -0.4 is 0 Å². The Morgan fingerprint density at radius 2 is 2.15 bits per heavy atom. The highest BCUT2D eigenvalue weighted by atomic mass is 32.1. The van der Waals surface area contributed by atoms with Gasteiger partial charge in [-0.05, 0) is 24.3 Å². The fraction of sp³-hybridized carbons (Fsp3) is 0.267. The molecular weight excluding hydrogens is 374 g/mol. The van der Waals surface area contributed by atoms with Crippen molar-refractivity contribution >= 4 is 39.0 Å². The van der Waals surface area contributed by atoms with Crippen LogP contribution in [0.1, 0.15) is 26.8 Å². The number of rotatable bonds is 4. The van der Waals surface area contributed by atoms with Gasteiger partial charge in [-0.15, -0.1) is 16.4 Å². The number of methoxy groups -OCH3 is 1. The number of hydrogen-bond acceptors (Lipinski definition) is 9. The van der Waals surface area contributed by atoms with Crippen molar-refractivity contribution in [2.45, 2.75) is 20.4 Å². The third-order valence-electron chi connectivity index (χ3n) is 4.13. The molecule has 0 aliphatic carbocycles. The van der Waals surface area contributed by atoms with Gasteiger partial charge < -0.3 is 14.9 Å². The van der Waals surface area contributed by atoms with Crippen LogP contribution in [0.5, 0.6) is 0 Å². The van der Waals surface area contributed by atoms with Gasteiger partial charge in [0.1, 0.15) is 22.6 Å². The van der Waals surface area contributed by atoms with Gasteiger partial charge in [-0.2, -0.15) is 4.68 Å². The molecule has 0 aliphatic rings. The molecule has 0 aromatic carbocycles. The summed E-state index contributed by atoms with van der Waals surface area (Å²) < 4.78 is 7.80. The van der Waals surface area contributed by atoms with Gasteiger partial charge in [-0.3, -0.25) is 0 Å². The Bertz CT molecular complexity index is 1220. The van der Waals surface area contributed by atoms with Gasteiger partial charge in [0.25, 0.3) is 0 Å². The quantitative estimate of drug-likeness (QED) is 0.295. The van der Waals surface area contributed by atoms with Gasteiger partial charge >= 0.3 is 11.8 Å². The molecule has 0 fully saturated rings. The third kappa shape index (κ3) is 2.70. The van der Waals surface area contributed by atoms with E-state index in [0.29, 0.717) is 26.9 Å². The van der Waals surface area contributed by atoms with Crippen LogP contribution in [-0.4, -0.2) is 47.4 Å². The van der Waals surface area contributed by atoms with Crippen molar-refractivity contribution in [3.63, 3.8) is 0 Å². The summed E-state index contributed by atoms with van der Waals surface area (Å²) in [6.45, 7) is 3.71. The van der Waals surface area contributed by atoms with Crippen molar-refractivity contribution in [1.29, 1.82) is 0 Å². The zero-order valence-electron chi connectivity index (χ0n) is 14.5. The highest BCUT2D eigenvalue weighted by Gasteiger charge is 2.22. The molecule has 0 spiro atoms. The first-order valence-electron chi connectivity index (χ1n) is 7.79. The Hall–Kier alpha value is -3.41. The van der Waals surface area contributed by atoms with Gasteiger partial charge in [0.15, 0.2) is 11.5 Å². The van der Waals surface area contributed by atoms with E-state index < -0.39 is 10.9 Å². The molecule has 0 bridgehead atoms. The van der Waals surface area contributed by atoms with Crippen molar-refractivity contribution in [2.75, 3.05) is 7.11 Å². The van der Waals surface area contributed by atoms with Crippen LogP contribution in [0.15, 0.2) is 12.4 Å². The number of ether oxygens (including phenoxy) is 1. The molecule has 0 amide bonds. The number of nitrogens with zero attached hydrogens (tertiary/aromatic N) is 7. The molecule has 0 saturated heterocycles. The van der Waals surface area contributed by atoms with Gasteiger partial charge in [0, 0.05) is 0 Å². The van der Waals surface area contributed by atoms with Gasteiger partial charge in [-0.25, -0.2) is 19.3 Å². The SMILES string of the molecule is COC(=O)c1sc2ncn3nc(Cn4nc([N+](=O)[O-])cc4C)nc3c2c1C. The van der Waals surface area contributed by atoms with Crippen LogP contribution in [-0.2, 0) is 11.3 Å². The lowest BCUT2D eigenvalue weighted by molar-refractivity contribution is -0.389. The smallest absolute Gasteiger partial charge is 0.390 e. The summed E-state index contributed by atoms with van der Waals surface area (Å²) in [5.41, 5.74) is 1.91. The Labute approximate surface area is 155 Å². The van der Waals surface area contributed by atoms with E-state index in [0.717, 1.165) is 10.9 Å². The summed E-state index contributed by atoms with van der Waals surface area (Å²) in [5, 5.41) is 19.9. The predicted molar refractivity (Wildman–Crippen MR) is 95.0 cm³/mol. The second-order valence-electron chi connectivity index (χ2n) is 5.83. The number of nitro groups is 1. The molecule has 0 atom stereocenters. The lowest BCUT2D eigenvalue weighted by Crippen LogP contribution is -2.06. The van der Waals surface area contributed by atoms with Crippen LogP contribution in [0, 0.1) is 24.0 Å². The van der Waals surface area contributed by atoms with E-state index in [1.807, 2.05) is 6.92 Å². The minimum Gasteiger partial charge on any atom is -0.465 e. The first-order chi connectivity index (χ1) is 12.9. The van der Waals surface area contributed by atoms with E-state index >= 15 is 0 Å². The van der Waals surface area contributed by atoms with E-state index in [4.69, 9.17) is 4.74 Å². The molecule has 138 valence electrons. The summed E-state index contributed by atoms with van der Waals surface area (Å²) in [7, 11) is 1.33. The number of fused-ring (bicyclic) bond motifs is 3. The molecule has 0 radical (unpaired) electrons. The maximum absolute atomic E-state index is 11.9. The number of esters is 1. The molecule has 12 heteroatoms. The van der Waals surface area contributed by atoms with E-state index in [2.05, 4.69) is 20.2 Å². The van der Waals surface area contributed by atoms with E-state index in [1.54, 1.807) is 6.92 Å². The third-order valence-corrected chi connectivity index (χ3v) is 5.31. The number of carbonyl (C=O) groups is 1. The van der Waals surface area contributed by atoms with Crippen molar-refractivity contribution in [3.8, 4) is 0 Å². The predicted octanol–water partition coefficient (Wildman–Crippen LogP) is 1.90. The summed E-state index contributed by atoms with van der Waals surface area (Å²) >= 11 is 1.23. The largest absolute Gasteiger partial charge is 0.465 e. The fourth-order valence-corrected chi connectivity index (χ4v) is 3.87. The number of aryl methyl sites for hydroxylation is 2. The Balaban J connectivity index is 1.80. The second kappa shape index (κ2) is 6.09. The van der Waals surface area contributed by atoms with E-state index in [9.17, 15) is 14.9 Å². The first kappa shape index (κ1) is 17.0. The lowest BCUT2D eigenvalue weighted by Gasteiger charge is -1.96. The van der Waals surface area contributed by atoms with Crippen molar-refractivity contribution in [1.82, 2.24) is 29.4 Å². The number of carbonyl (C=O) groups excluding carboxylic acids is 1. The van der Waals surface area contributed by atoms with Crippen LogP contribution in [0.3, 0.4) is 0 Å². The molecule has 27 heavy (non-hydrogen) atoms. The van der Waals surface area contributed by atoms with Crippen LogP contribution >= 0.6 is 11.3 Å². The number of thiophene rings is 1. The molecule has 11 nitrogen and oxygen atoms in total. The van der Waals surface area contributed by atoms with Crippen LogP contribution in [0.2, 0.25) is 0 Å². The second-order valence-corrected chi connectivity index (χ2v) is 6.83. The highest BCUT2D eigenvalue weighted by molar-refractivity contribution is 7.20. The van der Waals surface area contributed by atoms with Crippen LogP contribution in [0.25, 0.3) is 15.9 Å². The molecule has 0 aliphatic heterocycles.